The molecule has 0 atom stereocenters. The molecular weight excluding hydrogens is 379 g/mol. The number of hydrogen-bond acceptors (Lipinski definition) is 2. The van der Waals surface area contributed by atoms with E-state index in [0.29, 0.717) is 6.42 Å². The molecule has 0 rings (SSSR count). The van der Waals surface area contributed by atoms with Gasteiger partial charge in [-0.15, -0.1) is 0 Å². The van der Waals surface area contributed by atoms with E-state index in [-0.39, 0.29) is 5.97 Å². The number of rotatable bonds is 15. The van der Waals surface area contributed by atoms with Crippen molar-refractivity contribution in [2.24, 2.45) is 0 Å². The second-order valence-electron chi connectivity index (χ2n) is 6.69. The minimum absolute atomic E-state index is 0.115. The quantitative estimate of drug-likeness (QED) is 0.215. The predicted molar refractivity (Wildman–Crippen MR) is 99.8 cm³/mol. The van der Waals surface area contributed by atoms with Gasteiger partial charge in [-0.2, -0.15) is 0 Å². The van der Waals surface area contributed by atoms with Crippen molar-refractivity contribution in [1.82, 2.24) is 0 Å². The molecule has 0 aliphatic rings. The molecule has 0 aliphatic heterocycles. The molecule has 0 aromatic carbocycles. The van der Waals surface area contributed by atoms with Gasteiger partial charge in [-0.3, -0.25) is 0 Å². The number of unbranched alkanes of at least 4 members (excludes halogenated alkanes) is 8. The average Bonchev–Trinajstić information content (AvgIpc) is 2.53. The van der Waals surface area contributed by atoms with E-state index in [9.17, 15) is 4.79 Å². The molecule has 132 valence electrons. The third-order valence-electron chi connectivity index (χ3n) is 4.84. The summed E-state index contributed by atoms with van der Waals surface area (Å²) in [6, 6.07) is 0. The van der Waals surface area contributed by atoms with Crippen LogP contribution in [0.25, 0.3) is 0 Å². The fraction of sp³-hybridized carbons (Fsp3) is 0.947. The molecule has 0 amide bonds. The third-order valence-corrected chi connectivity index (χ3v) is 17.7. The van der Waals surface area contributed by atoms with Crippen LogP contribution in [0.5, 0.6) is 0 Å². The van der Waals surface area contributed by atoms with E-state index in [1.54, 1.807) is 0 Å². The summed E-state index contributed by atoms with van der Waals surface area (Å²) in [4.78, 5) is 12.2. The van der Waals surface area contributed by atoms with Gasteiger partial charge in [0.2, 0.25) is 0 Å². The third kappa shape index (κ3) is 10.9. The Hall–Kier alpha value is 0.269. The van der Waals surface area contributed by atoms with Crippen LogP contribution in [0.4, 0.5) is 0 Å². The average molecular weight is 419 g/mol. The topological polar surface area (TPSA) is 26.3 Å². The van der Waals surface area contributed by atoms with Crippen molar-refractivity contribution in [3.05, 3.63) is 0 Å². The van der Waals surface area contributed by atoms with Crippen LogP contribution >= 0.6 is 0 Å². The molecule has 0 saturated carbocycles. The molecule has 0 spiro atoms. The van der Waals surface area contributed by atoms with E-state index < -0.39 is 18.8 Å². The molecule has 0 aromatic heterocycles. The molecule has 0 fully saturated rings. The Morgan fingerprint density at radius 2 is 1.23 bits per heavy atom. The van der Waals surface area contributed by atoms with Gasteiger partial charge in [0.25, 0.3) is 0 Å². The van der Waals surface area contributed by atoms with Crippen molar-refractivity contribution in [1.29, 1.82) is 0 Å². The van der Waals surface area contributed by atoms with Gasteiger partial charge in [0.1, 0.15) is 0 Å². The number of carbonyl (C=O) groups is 1. The van der Waals surface area contributed by atoms with Crippen LogP contribution in [-0.4, -0.2) is 24.8 Å². The summed E-state index contributed by atoms with van der Waals surface area (Å²) in [7, 11) is 0. The Labute approximate surface area is 144 Å². The molecule has 2 nitrogen and oxygen atoms in total. The maximum absolute atomic E-state index is 12.2. The second kappa shape index (κ2) is 14.8. The van der Waals surface area contributed by atoms with E-state index in [1.807, 2.05) is 0 Å². The first-order valence-corrected chi connectivity index (χ1v) is 17.1. The van der Waals surface area contributed by atoms with Crippen molar-refractivity contribution in [2.45, 2.75) is 112 Å². The molecule has 0 saturated heterocycles. The van der Waals surface area contributed by atoms with E-state index in [0.717, 1.165) is 15.3 Å². The maximum atomic E-state index is 12.2. The number of carbonyl (C=O) groups excluding carboxylic acids is 1. The number of hydrogen-bond donors (Lipinski definition) is 0. The summed E-state index contributed by atoms with van der Waals surface area (Å²) in [5.74, 6) is 0.115. The van der Waals surface area contributed by atoms with Gasteiger partial charge < -0.3 is 0 Å². The molecule has 3 heteroatoms. The molecule has 0 radical (unpaired) electrons. The van der Waals surface area contributed by atoms with E-state index in [1.165, 1.54) is 62.2 Å². The summed E-state index contributed by atoms with van der Waals surface area (Å²) in [5.41, 5.74) is 0. The Kier molecular flexibility index (Phi) is 15.0. The van der Waals surface area contributed by atoms with Gasteiger partial charge in [0, 0.05) is 0 Å². The Balaban J connectivity index is 3.92. The standard InChI is InChI=1S/C10H20O2.C5H11.2C2H5.Sn/c1-2-3-4-5-6-7-8-9-10(11)12;1-3-5-4-2;2*1-2;/h2-9H2,1H3,(H,11,12);1,3-5H2,2H3;2*1H2,2H3;/q;;;;+1/p-1. The molecule has 0 bridgehead atoms. The van der Waals surface area contributed by atoms with Crippen LogP contribution in [0, 0.1) is 0 Å². The zero-order valence-corrected chi connectivity index (χ0v) is 18.6. The van der Waals surface area contributed by atoms with Gasteiger partial charge in [-0.25, -0.2) is 0 Å². The summed E-state index contributed by atoms with van der Waals surface area (Å²) in [5, 5.41) is 0. The van der Waals surface area contributed by atoms with E-state index in [4.69, 9.17) is 3.07 Å². The summed E-state index contributed by atoms with van der Waals surface area (Å²) in [6.07, 6.45) is 13.3. The SMILES string of the molecule is CCCCCCCCCC(=O)[O][Sn]([CH2]C)([CH2]C)[CH2]CCCC. The molecule has 0 aliphatic carbocycles. The van der Waals surface area contributed by atoms with Gasteiger partial charge in [-0.1, -0.05) is 0 Å². The molecule has 22 heavy (non-hydrogen) atoms. The Morgan fingerprint density at radius 1 is 0.727 bits per heavy atom. The van der Waals surface area contributed by atoms with Crippen molar-refractivity contribution in [3.8, 4) is 0 Å². The van der Waals surface area contributed by atoms with Gasteiger partial charge in [-0.05, 0) is 0 Å². The van der Waals surface area contributed by atoms with Crippen LogP contribution in [0.2, 0.25) is 13.3 Å². The van der Waals surface area contributed by atoms with Gasteiger partial charge >= 0.3 is 144 Å². The van der Waals surface area contributed by atoms with Crippen molar-refractivity contribution >= 4 is 24.8 Å². The van der Waals surface area contributed by atoms with Crippen LogP contribution < -0.4 is 0 Å². The first kappa shape index (κ1) is 22.3. The molecule has 0 heterocycles. The molecule has 0 unspecified atom stereocenters. The fourth-order valence-corrected chi connectivity index (χ4v) is 11.8. The van der Waals surface area contributed by atoms with Crippen LogP contribution in [-0.2, 0) is 7.87 Å². The minimum atomic E-state index is -2.59. The summed E-state index contributed by atoms with van der Waals surface area (Å²) in [6.45, 7) is 8.97. The summed E-state index contributed by atoms with van der Waals surface area (Å²) < 4.78 is 9.63. The van der Waals surface area contributed by atoms with Crippen molar-refractivity contribution in [3.63, 3.8) is 0 Å². The molecular formula is C19H40O2Sn. The van der Waals surface area contributed by atoms with E-state index >= 15 is 0 Å². The first-order chi connectivity index (χ1) is 10.6. The van der Waals surface area contributed by atoms with Crippen LogP contribution in [0.15, 0.2) is 0 Å². The predicted octanol–water partition coefficient (Wildman–Crippen LogP) is 6.85. The Morgan fingerprint density at radius 3 is 1.77 bits per heavy atom. The van der Waals surface area contributed by atoms with Crippen molar-refractivity contribution in [2.75, 3.05) is 0 Å². The second-order valence-corrected chi connectivity index (χ2v) is 19.5. The zero-order valence-electron chi connectivity index (χ0n) is 15.7. The summed E-state index contributed by atoms with van der Waals surface area (Å²) >= 11 is -2.59. The van der Waals surface area contributed by atoms with Gasteiger partial charge in [0.15, 0.2) is 0 Å². The van der Waals surface area contributed by atoms with Crippen LogP contribution in [0.3, 0.4) is 0 Å². The molecule has 0 N–H and O–H groups in total. The normalized spacial score (nSPS) is 11.6. The fourth-order valence-electron chi connectivity index (χ4n) is 3.02. The van der Waals surface area contributed by atoms with Crippen LogP contribution in [0.1, 0.15) is 98.3 Å². The molecule has 0 aromatic rings. The Bertz CT molecular complexity index is 262. The van der Waals surface area contributed by atoms with Gasteiger partial charge in [0.05, 0.1) is 0 Å². The monoisotopic (exact) mass is 420 g/mol. The first-order valence-electron chi connectivity index (χ1n) is 9.86. The van der Waals surface area contributed by atoms with E-state index in [2.05, 4.69) is 27.7 Å². The van der Waals surface area contributed by atoms with Crippen molar-refractivity contribution < 1.29 is 7.87 Å². The zero-order chi connectivity index (χ0) is 16.7.